The number of likely N-dealkylation sites (tertiary alicyclic amines) is 1. The number of piperidine rings is 1. The van der Waals surface area contributed by atoms with E-state index in [-0.39, 0.29) is 11.8 Å². The fourth-order valence-corrected chi connectivity index (χ4v) is 3.82. The molecule has 1 saturated heterocycles. The molecule has 1 aromatic rings. The van der Waals surface area contributed by atoms with Gasteiger partial charge in [0.15, 0.2) is 5.11 Å². The third-order valence-electron chi connectivity index (χ3n) is 4.67. The van der Waals surface area contributed by atoms with Gasteiger partial charge in [0.25, 0.3) is 0 Å². The molecule has 3 rings (SSSR count). The molecule has 0 spiro atoms. The Labute approximate surface area is 153 Å². The molecular weight excluding hydrogens is 342 g/mol. The molecule has 1 aromatic carbocycles. The predicted octanol–water partition coefficient (Wildman–Crippen LogP) is 3.64. The minimum atomic E-state index is 0.0219. The van der Waals surface area contributed by atoms with Crippen LogP contribution < -0.4 is 10.6 Å². The van der Waals surface area contributed by atoms with Crippen LogP contribution in [-0.2, 0) is 4.79 Å². The number of carbonyl (C=O) groups is 1. The van der Waals surface area contributed by atoms with Crippen molar-refractivity contribution in [3.8, 4) is 0 Å². The zero-order valence-electron chi connectivity index (χ0n) is 14.2. The summed E-state index contributed by atoms with van der Waals surface area (Å²) in [5.41, 5.74) is 3.06. The highest BCUT2D eigenvalue weighted by Crippen LogP contribution is 2.28. The van der Waals surface area contributed by atoms with Crippen LogP contribution in [0.1, 0.15) is 36.8 Å². The second-order valence-corrected chi connectivity index (χ2v) is 7.73. The zero-order chi connectivity index (χ0) is 17.3. The number of hydrogen-bond acceptors (Lipinski definition) is 2. The van der Waals surface area contributed by atoms with Gasteiger partial charge < -0.3 is 15.5 Å². The molecule has 4 nitrogen and oxygen atoms in total. The molecule has 0 aromatic heterocycles. The summed E-state index contributed by atoms with van der Waals surface area (Å²) in [6.07, 6.45) is 4.15. The lowest BCUT2D eigenvalue weighted by molar-refractivity contribution is -0.126. The average Bonchev–Trinajstić information content (AvgIpc) is 3.34. The number of halogens is 1. The van der Waals surface area contributed by atoms with Gasteiger partial charge in [-0.15, -0.1) is 0 Å². The molecule has 1 atom stereocenters. The van der Waals surface area contributed by atoms with Gasteiger partial charge in [-0.1, -0.05) is 17.7 Å². The van der Waals surface area contributed by atoms with Gasteiger partial charge in [-0.2, -0.15) is 0 Å². The van der Waals surface area contributed by atoms with E-state index in [0.29, 0.717) is 22.7 Å². The van der Waals surface area contributed by atoms with Crippen LogP contribution >= 0.6 is 23.8 Å². The second-order valence-electron chi connectivity index (χ2n) is 6.94. The van der Waals surface area contributed by atoms with E-state index in [0.717, 1.165) is 49.0 Å². The number of carbonyl (C=O) groups excluding carboxylic acids is 1. The van der Waals surface area contributed by atoms with Crippen LogP contribution in [0, 0.1) is 19.8 Å². The lowest BCUT2D eigenvalue weighted by Crippen LogP contribution is -2.47. The fraction of sp³-hybridized carbons (Fsp3) is 0.556. The summed E-state index contributed by atoms with van der Waals surface area (Å²) in [6, 6.07) is 4.42. The largest absolute Gasteiger partial charge is 0.353 e. The highest BCUT2D eigenvalue weighted by Gasteiger charge is 2.31. The molecule has 2 N–H and O–H groups in total. The summed E-state index contributed by atoms with van der Waals surface area (Å²) in [7, 11) is 0. The lowest BCUT2D eigenvalue weighted by Gasteiger charge is -2.34. The number of thiocarbonyl (C=S) groups is 1. The van der Waals surface area contributed by atoms with Gasteiger partial charge in [0.2, 0.25) is 5.91 Å². The van der Waals surface area contributed by atoms with Crippen LogP contribution in [0.15, 0.2) is 12.1 Å². The number of aryl methyl sites for hydroxylation is 2. The summed E-state index contributed by atoms with van der Waals surface area (Å²) in [6.45, 7) is 5.59. The second kappa shape index (κ2) is 7.28. The molecule has 1 aliphatic heterocycles. The zero-order valence-corrected chi connectivity index (χ0v) is 15.8. The van der Waals surface area contributed by atoms with Crippen molar-refractivity contribution in [2.45, 2.75) is 45.6 Å². The van der Waals surface area contributed by atoms with Crippen molar-refractivity contribution in [2.75, 3.05) is 18.4 Å². The summed E-state index contributed by atoms with van der Waals surface area (Å²) in [5, 5.41) is 7.71. The average molecular weight is 366 g/mol. The number of hydrogen-bond donors (Lipinski definition) is 2. The molecule has 130 valence electrons. The van der Waals surface area contributed by atoms with Crippen LogP contribution in [0.2, 0.25) is 5.02 Å². The van der Waals surface area contributed by atoms with Crippen LogP contribution in [-0.4, -0.2) is 35.1 Å². The van der Waals surface area contributed by atoms with Crippen molar-refractivity contribution in [1.82, 2.24) is 10.2 Å². The van der Waals surface area contributed by atoms with Crippen molar-refractivity contribution in [3.05, 3.63) is 28.3 Å². The first kappa shape index (κ1) is 17.5. The summed E-state index contributed by atoms with van der Waals surface area (Å²) < 4.78 is 0. The van der Waals surface area contributed by atoms with Gasteiger partial charge >= 0.3 is 0 Å². The number of anilines is 1. The topological polar surface area (TPSA) is 44.4 Å². The van der Waals surface area contributed by atoms with Crippen molar-refractivity contribution < 1.29 is 4.79 Å². The normalized spacial score (nSPS) is 20.6. The van der Waals surface area contributed by atoms with Crippen LogP contribution in [0.5, 0.6) is 0 Å². The number of amides is 1. The van der Waals surface area contributed by atoms with Crippen molar-refractivity contribution in [1.29, 1.82) is 0 Å². The quantitative estimate of drug-likeness (QED) is 0.802. The molecule has 1 unspecified atom stereocenters. The van der Waals surface area contributed by atoms with Gasteiger partial charge in [-0.25, -0.2) is 0 Å². The smallest absolute Gasteiger partial charge is 0.225 e. The van der Waals surface area contributed by atoms with Gasteiger partial charge in [0, 0.05) is 19.1 Å². The number of rotatable bonds is 3. The first-order chi connectivity index (χ1) is 11.4. The van der Waals surface area contributed by atoms with Gasteiger partial charge in [0.05, 0.1) is 16.6 Å². The minimum Gasteiger partial charge on any atom is -0.353 e. The van der Waals surface area contributed by atoms with E-state index in [9.17, 15) is 4.79 Å². The molecular formula is C18H24ClN3OS. The number of nitrogens with zero attached hydrogens (tertiary/aromatic N) is 1. The van der Waals surface area contributed by atoms with Gasteiger partial charge in [-0.05, 0) is 68.9 Å². The Morgan fingerprint density at radius 1 is 1.29 bits per heavy atom. The monoisotopic (exact) mass is 365 g/mol. The van der Waals surface area contributed by atoms with Crippen molar-refractivity contribution >= 4 is 40.5 Å². The van der Waals surface area contributed by atoms with E-state index >= 15 is 0 Å². The van der Waals surface area contributed by atoms with Gasteiger partial charge in [-0.3, -0.25) is 4.79 Å². The van der Waals surface area contributed by atoms with Crippen molar-refractivity contribution in [3.63, 3.8) is 0 Å². The van der Waals surface area contributed by atoms with Crippen LogP contribution in [0.3, 0.4) is 0 Å². The molecule has 1 amide bonds. The standard InChI is InChI=1S/C18H24ClN3OS/c1-11-8-12(2)16(15(19)9-11)21-18(24)22-7-3-4-13(10-22)17(23)20-14-5-6-14/h8-9,13-14H,3-7,10H2,1-2H3,(H,20,23)(H,21,24). The summed E-state index contributed by atoms with van der Waals surface area (Å²) in [4.78, 5) is 14.4. The summed E-state index contributed by atoms with van der Waals surface area (Å²) >= 11 is 11.9. The highest BCUT2D eigenvalue weighted by molar-refractivity contribution is 7.80. The molecule has 6 heteroatoms. The van der Waals surface area contributed by atoms with E-state index in [4.69, 9.17) is 23.8 Å². The van der Waals surface area contributed by atoms with E-state index in [1.807, 2.05) is 19.9 Å². The third kappa shape index (κ3) is 4.19. The maximum atomic E-state index is 12.3. The Bertz CT molecular complexity index is 637. The molecule has 24 heavy (non-hydrogen) atoms. The van der Waals surface area contributed by atoms with E-state index in [1.54, 1.807) is 0 Å². The Morgan fingerprint density at radius 2 is 2.04 bits per heavy atom. The Balaban J connectivity index is 1.63. The predicted molar refractivity (Wildman–Crippen MR) is 103 cm³/mol. The van der Waals surface area contributed by atoms with E-state index in [1.165, 1.54) is 0 Å². The third-order valence-corrected chi connectivity index (χ3v) is 5.33. The molecule has 2 fully saturated rings. The SMILES string of the molecule is Cc1cc(C)c(NC(=S)N2CCCC(C(=O)NC3CC3)C2)c(Cl)c1. The molecule has 1 heterocycles. The number of benzene rings is 1. The minimum absolute atomic E-state index is 0.0219. The molecule has 1 saturated carbocycles. The maximum Gasteiger partial charge on any atom is 0.225 e. The molecule has 0 radical (unpaired) electrons. The van der Waals surface area contributed by atoms with Crippen molar-refractivity contribution in [2.24, 2.45) is 5.92 Å². The van der Waals surface area contributed by atoms with Crippen LogP contribution in [0.4, 0.5) is 5.69 Å². The first-order valence-electron chi connectivity index (χ1n) is 8.57. The molecule has 1 aliphatic carbocycles. The lowest BCUT2D eigenvalue weighted by atomic mass is 9.97. The maximum absolute atomic E-state index is 12.3. The fourth-order valence-electron chi connectivity index (χ4n) is 3.18. The Hall–Kier alpha value is -1.33. The first-order valence-corrected chi connectivity index (χ1v) is 9.35. The van der Waals surface area contributed by atoms with Crippen LogP contribution in [0.25, 0.3) is 0 Å². The highest BCUT2D eigenvalue weighted by atomic mass is 35.5. The Kier molecular flexibility index (Phi) is 5.30. The van der Waals surface area contributed by atoms with Gasteiger partial charge in [0.1, 0.15) is 0 Å². The summed E-state index contributed by atoms with van der Waals surface area (Å²) in [5.74, 6) is 0.197. The number of nitrogens with one attached hydrogen (secondary N) is 2. The Morgan fingerprint density at radius 3 is 2.71 bits per heavy atom. The van der Waals surface area contributed by atoms with E-state index in [2.05, 4.69) is 21.6 Å². The van der Waals surface area contributed by atoms with E-state index < -0.39 is 0 Å². The molecule has 0 bridgehead atoms. The molecule has 2 aliphatic rings.